The predicted octanol–water partition coefficient (Wildman–Crippen LogP) is 15.9. The maximum Gasteiger partial charge on any atom is 0.336 e. The minimum Gasteiger partial charge on any atom is -0.478 e. The molecule has 0 aliphatic carbocycles. The maximum atomic E-state index is 13.4. The summed E-state index contributed by atoms with van der Waals surface area (Å²) in [6.07, 6.45) is 3.13. The average Bonchev–Trinajstić information content (AvgIpc) is 0.808. The van der Waals surface area contributed by atoms with Crippen molar-refractivity contribution >= 4 is 81.3 Å². The molecule has 0 spiro atoms. The van der Waals surface area contributed by atoms with Crippen LogP contribution in [0.25, 0.3) is 33.4 Å². The van der Waals surface area contributed by atoms with Gasteiger partial charge in [0.2, 0.25) is 0 Å². The van der Waals surface area contributed by atoms with Crippen molar-refractivity contribution in [2.75, 3.05) is 56.8 Å². The minimum absolute atomic E-state index is 0.00256. The number of hydrogen-bond donors (Lipinski definition) is 14. The first-order chi connectivity index (χ1) is 55.9. The predicted molar refractivity (Wildman–Crippen MR) is 450 cm³/mol. The summed E-state index contributed by atoms with van der Waals surface area (Å²) in [6, 6.07) is 43.7. The zero-order chi connectivity index (χ0) is 86.4. The number of ether oxygens (including phenoxy) is 1. The Kier molecular flexibility index (Phi) is 40.8. The first kappa shape index (κ1) is 96.8. The maximum absolute atomic E-state index is 13.4. The summed E-state index contributed by atoms with van der Waals surface area (Å²) in [4.78, 5) is 128. The van der Waals surface area contributed by atoms with Crippen LogP contribution >= 0.6 is 0 Å². The largest absolute Gasteiger partial charge is 0.478 e. The van der Waals surface area contributed by atoms with E-state index in [0.717, 1.165) is 63.0 Å². The van der Waals surface area contributed by atoms with Crippen LogP contribution in [0.1, 0.15) is 161 Å². The monoisotopic (exact) mass is 1650 g/mol. The molecule has 5 amide bonds. The lowest BCUT2D eigenvalue weighted by atomic mass is 9.95. The Morgan fingerprint density at radius 2 is 0.778 bits per heavy atom. The molecule has 0 saturated carbocycles. The van der Waals surface area contributed by atoms with Crippen LogP contribution in [0, 0.1) is 19.8 Å². The third-order valence-electron chi connectivity index (χ3n) is 17.8. The third-order valence-corrected chi connectivity index (χ3v) is 25.3. The lowest BCUT2D eigenvalue weighted by Crippen LogP contribution is -2.44. The Hall–Kier alpha value is -10.8. The number of carboxylic acid groups (broad SMARTS) is 3. The quantitative estimate of drug-likeness (QED) is 0.00557. The van der Waals surface area contributed by atoms with Crippen molar-refractivity contribution in [2.24, 2.45) is 5.92 Å². The Bertz CT molecular complexity index is 4660. The van der Waals surface area contributed by atoms with Gasteiger partial charge in [0.05, 0.1) is 65.7 Å². The Balaban J connectivity index is 0.000000313. The van der Waals surface area contributed by atoms with E-state index in [4.69, 9.17) is 39.1 Å². The number of hydroxylamine groups is 3. The number of unbranched alkanes of at least 4 members (excludes halogenated alkanes) is 1. The summed E-state index contributed by atoms with van der Waals surface area (Å²) in [5.41, 5.74) is 19.0. The second-order valence-corrected chi connectivity index (χ2v) is 37.0. The summed E-state index contributed by atoms with van der Waals surface area (Å²) < 4.78 is 11.7. The van der Waals surface area contributed by atoms with Crippen LogP contribution in [-0.4, -0.2) is 136 Å². The molecule has 30 nitrogen and oxygen atoms in total. The second-order valence-electron chi connectivity index (χ2n) is 28.1. The molecule has 117 heavy (non-hydrogen) atoms. The standard InChI is InChI=1S/C31H36N4O9.C28H44N2O7Si2.C24H24N2O6.C2H6/c1-18(2)30(39)42-10-9-33-31(40)35-25-12-19(3)11-24(15-25)34-28(36)27-14-21(7-8-26(27)29(37)38)20-5-6-22(17-44-41)23(13-20)16-43-32-4;1-7-8-15-38(3,4)37-39(5,6)16-9-14-30-27(31)26-18-22(12-13-25(26)28(32)33)21-10-11-23(20-36-34)24(17-21)19-35-29-2;1-15-4-3-5-20(10-15)26-23(27)22-12-17(8-9-21(22)24(28)29)16-6-7-18(14-32-30)19(11-16)13-31-25-2;1-2/h5-8,11-15,18,32,41H,9-10,16-17H2,1-4H3,(H,34,36)(H,37,38)(H2,33,35,40);10-13,17-18,29,34H,7-9,14-16,19-20H2,1-6H3,(H,30,31)(H,32,33);3-12,25,30H,13-14H2,1-2H3,(H,26,27)(H,28,29);1-2H3. The van der Waals surface area contributed by atoms with Crippen LogP contribution in [0.15, 0.2) is 152 Å². The van der Waals surface area contributed by atoms with E-state index in [1.807, 2.05) is 51.1 Å². The molecule has 0 heterocycles. The number of esters is 1. The molecular formula is C85H110N8O22Si2. The summed E-state index contributed by atoms with van der Waals surface area (Å²) in [5, 5.41) is 69.4. The van der Waals surface area contributed by atoms with Crippen molar-refractivity contribution in [3.63, 3.8) is 0 Å². The second kappa shape index (κ2) is 49.3. The highest BCUT2D eigenvalue weighted by Crippen LogP contribution is 2.32. The van der Waals surface area contributed by atoms with Crippen molar-refractivity contribution in [3.8, 4) is 33.4 Å². The molecule has 630 valence electrons. The number of carbonyl (C=O) groups is 8. The molecule has 8 rings (SSSR count). The van der Waals surface area contributed by atoms with E-state index in [0.29, 0.717) is 57.0 Å². The molecule has 0 radical (unpaired) electrons. The lowest BCUT2D eigenvalue weighted by Gasteiger charge is -2.34. The Labute approximate surface area is 683 Å². The number of amides is 5. The number of benzene rings is 8. The fourth-order valence-corrected chi connectivity index (χ4v) is 21.2. The smallest absolute Gasteiger partial charge is 0.336 e. The van der Waals surface area contributed by atoms with Crippen molar-refractivity contribution in [1.82, 2.24) is 27.1 Å². The van der Waals surface area contributed by atoms with E-state index >= 15 is 0 Å². The van der Waals surface area contributed by atoms with E-state index in [-0.39, 0.29) is 98.1 Å². The van der Waals surface area contributed by atoms with Crippen LogP contribution in [0.5, 0.6) is 0 Å². The average molecular weight is 1650 g/mol. The fourth-order valence-electron chi connectivity index (χ4n) is 12.2. The van der Waals surface area contributed by atoms with E-state index in [1.54, 1.807) is 133 Å². The minimum atomic E-state index is -1.87. The van der Waals surface area contributed by atoms with Crippen LogP contribution in [0.3, 0.4) is 0 Å². The number of aryl methyl sites for hydroxylation is 2. The van der Waals surface area contributed by atoms with Gasteiger partial charge in [0, 0.05) is 44.7 Å². The van der Waals surface area contributed by atoms with Gasteiger partial charge in [0.1, 0.15) is 26.4 Å². The van der Waals surface area contributed by atoms with Gasteiger partial charge in [0.15, 0.2) is 16.6 Å². The molecule has 32 heteroatoms. The molecule has 0 aliphatic rings. The zero-order valence-electron chi connectivity index (χ0n) is 68.6. The fraction of sp³-hybridized carbons (Fsp3) is 0.341. The number of urea groups is 1. The summed E-state index contributed by atoms with van der Waals surface area (Å²) in [6.45, 7) is 23.4. The summed E-state index contributed by atoms with van der Waals surface area (Å²) >= 11 is 0. The molecule has 8 aromatic carbocycles. The van der Waals surface area contributed by atoms with Gasteiger partial charge < -0.3 is 50.8 Å². The van der Waals surface area contributed by atoms with Crippen molar-refractivity contribution in [2.45, 2.75) is 146 Å². The number of hydrogen-bond acceptors (Lipinski definition) is 22. The Morgan fingerprint density at radius 1 is 0.402 bits per heavy atom. The van der Waals surface area contributed by atoms with Crippen LogP contribution in [-0.2, 0) is 82.5 Å². The Morgan fingerprint density at radius 3 is 1.16 bits per heavy atom. The number of carbonyl (C=O) groups excluding carboxylic acids is 5. The van der Waals surface area contributed by atoms with Crippen LogP contribution < -0.4 is 43.0 Å². The highest BCUT2D eigenvalue weighted by molar-refractivity contribution is 6.84. The number of rotatable bonds is 40. The zero-order valence-corrected chi connectivity index (χ0v) is 70.6. The number of carboxylic acids is 3. The van der Waals surface area contributed by atoms with Gasteiger partial charge in [0.25, 0.3) is 17.7 Å². The first-order valence-electron chi connectivity index (χ1n) is 38.0. The topological polar surface area (TPSA) is 428 Å². The van der Waals surface area contributed by atoms with E-state index in [9.17, 15) is 53.7 Å². The number of anilines is 3. The number of nitrogens with one attached hydrogen (secondary N) is 8. The summed E-state index contributed by atoms with van der Waals surface area (Å²) in [7, 11) is 1.33. The van der Waals surface area contributed by atoms with E-state index < -0.39 is 58.3 Å². The molecular weight excluding hydrogens is 1540 g/mol. The molecule has 0 unspecified atom stereocenters. The molecule has 0 fully saturated rings. The molecule has 0 atom stereocenters. The molecule has 0 bridgehead atoms. The van der Waals surface area contributed by atoms with Gasteiger partial charge >= 0.3 is 29.9 Å². The third kappa shape index (κ3) is 31.7. The SMILES string of the molecule is CC.CCCC[Si](C)(C)O[Si](C)(C)CCCNC(=O)c1cc(-c2ccc(COO)c(CONC)c2)ccc1C(=O)O.CNOCc1cc(-c2ccc(C(=O)O)c(C(=O)Nc3cc(C)cc(NC(=O)NCCOC(=O)C(C)C)c3)c2)ccc1COO.CNOCc1cc(-c2ccc(C(=O)O)c(C(=O)Nc3cccc(C)c3)c2)ccc1COO. The van der Waals surface area contributed by atoms with Crippen molar-refractivity contribution in [3.05, 3.63) is 230 Å². The summed E-state index contributed by atoms with van der Waals surface area (Å²) in [5.74, 6) is -5.86. The first-order valence-corrected chi connectivity index (χ1v) is 44.2. The van der Waals surface area contributed by atoms with Gasteiger partial charge in [-0.05, 0) is 221 Å². The van der Waals surface area contributed by atoms with Gasteiger partial charge in [-0.1, -0.05) is 114 Å². The normalized spacial score (nSPS) is 11.0. The highest BCUT2D eigenvalue weighted by Gasteiger charge is 2.33. The van der Waals surface area contributed by atoms with Gasteiger partial charge in [-0.2, -0.15) is 0 Å². The lowest BCUT2D eigenvalue weighted by molar-refractivity contribution is -0.253. The van der Waals surface area contributed by atoms with E-state index in [2.05, 4.69) is 90.8 Å². The van der Waals surface area contributed by atoms with Crippen molar-refractivity contribution in [1.29, 1.82) is 0 Å². The van der Waals surface area contributed by atoms with Gasteiger partial charge in [-0.15, -0.1) is 0 Å². The molecule has 8 aromatic rings. The van der Waals surface area contributed by atoms with Gasteiger partial charge in [-0.3, -0.25) is 49.5 Å². The number of aromatic carboxylic acids is 3. The van der Waals surface area contributed by atoms with Crippen LogP contribution in [0.4, 0.5) is 21.9 Å². The van der Waals surface area contributed by atoms with E-state index in [1.165, 1.54) is 43.2 Å². The van der Waals surface area contributed by atoms with Gasteiger partial charge in [-0.25, -0.2) is 50.3 Å². The highest BCUT2D eigenvalue weighted by atomic mass is 28.4. The van der Waals surface area contributed by atoms with Crippen LogP contribution in [0.2, 0.25) is 38.3 Å². The molecule has 0 aliphatic heterocycles. The molecule has 14 N–H and O–H groups in total. The molecule has 0 aromatic heterocycles. The molecule has 0 saturated heterocycles. The van der Waals surface area contributed by atoms with Crippen molar-refractivity contribution < 1.29 is 107 Å².